The van der Waals surface area contributed by atoms with Gasteiger partial charge in [-0.2, -0.15) is 16.9 Å². The van der Waals surface area contributed by atoms with Crippen LogP contribution < -0.4 is 5.84 Å². The molecule has 0 aromatic carbocycles. The number of nitrogens with one attached hydrogen (secondary N) is 1. The summed E-state index contributed by atoms with van der Waals surface area (Å²) in [4.78, 5) is 0. The van der Waals surface area contributed by atoms with E-state index in [1.165, 1.54) is 11.1 Å². The Labute approximate surface area is 80.5 Å². The number of nitrogen functional groups attached to an aromatic ring is 1. The fourth-order valence-corrected chi connectivity index (χ4v) is 1.72. The van der Waals surface area contributed by atoms with Crippen molar-refractivity contribution < 1.29 is 0 Å². The van der Waals surface area contributed by atoms with Crippen LogP contribution in [0.1, 0.15) is 19.2 Å². The van der Waals surface area contributed by atoms with E-state index in [-0.39, 0.29) is 0 Å². The summed E-state index contributed by atoms with van der Waals surface area (Å²) in [6.45, 7) is 2.15. The number of nitrogens with zero attached hydrogens (tertiary/aromatic N) is 2. The summed E-state index contributed by atoms with van der Waals surface area (Å²) < 4.78 is 1.89. The molecule has 6 heteroatoms. The maximum atomic E-state index is 5.59. The molecule has 0 aliphatic carbocycles. The fourth-order valence-electron chi connectivity index (χ4n) is 0.747. The highest BCUT2D eigenvalue weighted by Crippen LogP contribution is 2.09. The molecule has 0 aliphatic rings. The molecule has 1 rings (SSSR count). The van der Waals surface area contributed by atoms with Gasteiger partial charge in [-0.3, -0.25) is 5.10 Å². The van der Waals surface area contributed by atoms with Crippen LogP contribution in [0.3, 0.4) is 0 Å². The predicted molar refractivity (Wildman–Crippen MR) is 54.0 cm³/mol. The number of nitrogens with two attached hydrogens (primary N) is 1. The molecule has 0 amide bonds. The lowest BCUT2D eigenvalue weighted by atomic mass is 10.6. The van der Waals surface area contributed by atoms with Gasteiger partial charge < -0.3 is 5.84 Å². The van der Waals surface area contributed by atoms with Gasteiger partial charge in [-0.15, -0.1) is 0 Å². The number of H-pyrrole nitrogens is 1. The molecular weight excluding hydrogens is 192 g/mol. The zero-order valence-electron chi connectivity index (χ0n) is 6.91. The highest BCUT2D eigenvalue weighted by atomic mass is 32.2. The third-order valence-electron chi connectivity index (χ3n) is 1.36. The van der Waals surface area contributed by atoms with Crippen molar-refractivity contribution >= 4 is 24.0 Å². The van der Waals surface area contributed by atoms with Crippen LogP contribution in [0.5, 0.6) is 0 Å². The second kappa shape index (κ2) is 4.51. The first-order valence-electron chi connectivity index (χ1n) is 3.74. The normalized spacial score (nSPS) is 10.4. The quantitative estimate of drug-likeness (QED) is 0.441. The summed E-state index contributed by atoms with van der Waals surface area (Å²) in [6.07, 6.45) is 1.17. The SMILES string of the molecule is CCCSCc1n[nH]c(=S)n1N. The Bertz CT molecular complexity index is 290. The minimum Gasteiger partial charge on any atom is -0.335 e. The predicted octanol–water partition coefficient (Wildman–Crippen LogP) is 1.30. The Morgan fingerprint density at radius 2 is 2.50 bits per heavy atom. The third kappa shape index (κ3) is 2.25. The maximum absolute atomic E-state index is 5.59. The van der Waals surface area contributed by atoms with Crippen LogP contribution in [0.15, 0.2) is 0 Å². The van der Waals surface area contributed by atoms with E-state index in [0.29, 0.717) is 4.77 Å². The lowest BCUT2D eigenvalue weighted by Gasteiger charge is -1.98. The lowest BCUT2D eigenvalue weighted by molar-refractivity contribution is 0.905. The highest BCUT2D eigenvalue weighted by molar-refractivity contribution is 7.98. The second-order valence-corrected chi connectivity index (χ2v) is 3.86. The summed E-state index contributed by atoms with van der Waals surface area (Å²) in [6, 6.07) is 0. The van der Waals surface area contributed by atoms with Gasteiger partial charge in [-0.25, -0.2) is 4.68 Å². The molecular formula is C6H12N4S2. The van der Waals surface area contributed by atoms with Crippen LogP contribution in [0.4, 0.5) is 0 Å². The van der Waals surface area contributed by atoms with E-state index in [9.17, 15) is 0 Å². The molecule has 4 nitrogen and oxygen atoms in total. The number of hydrogen-bond acceptors (Lipinski definition) is 4. The summed E-state index contributed by atoms with van der Waals surface area (Å²) in [7, 11) is 0. The molecule has 0 spiro atoms. The Morgan fingerprint density at radius 1 is 1.75 bits per heavy atom. The van der Waals surface area contributed by atoms with E-state index >= 15 is 0 Å². The Hall–Kier alpha value is -0.490. The fraction of sp³-hybridized carbons (Fsp3) is 0.667. The topological polar surface area (TPSA) is 59.6 Å². The molecule has 0 saturated carbocycles. The van der Waals surface area contributed by atoms with Crippen molar-refractivity contribution in [2.75, 3.05) is 11.6 Å². The zero-order chi connectivity index (χ0) is 8.97. The molecule has 1 aromatic heterocycles. The van der Waals surface area contributed by atoms with Crippen molar-refractivity contribution in [2.24, 2.45) is 0 Å². The number of aromatic nitrogens is 3. The van der Waals surface area contributed by atoms with E-state index in [2.05, 4.69) is 17.1 Å². The molecule has 0 radical (unpaired) electrons. The van der Waals surface area contributed by atoms with Crippen molar-refractivity contribution in [3.05, 3.63) is 10.6 Å². The molecule has 0 saturated heterocycles. The Balaban J connectivity index is 2.52. The molecule has 0 aliphatic heterocycles. The van der Waals surface area contributed by atoms with Gasteiger partial charge in [-0.1, -0.05) is 6.92 Å². The van der Waals surface area contributed by atoms with Gasteiger partial charge in [0.15, 0.2) is 5.82 Å². The molecule has 1 aromatic rings. The van der Waals surface area contributed by atoms with Crippen LogP contribution in [0, 0.1) is 4.77 Å². The zero-order valence-corrected chi connectivity index (χ0v) is 8.54. The van der Waals surface area contributed by atoms with Gasteiger partial charge in [0.1, 0.15) is 0 Å². The van der Waals surface area contributed by atoms with E-state index in [0.717, 1.165) is 17.3 Å². The van der Waals surface area contributed by atoms with E-state index in [1.807, 2.05) is 0 Å². The van der Waals surface area contributed by atoms with Crippen molar-refractivity contribution in [3.63, 3.8) is 0 Å². The van der Waals surface area contributed by atoms with Crippen LogP contribution in [0.2, 0.25) is 0 Å². The van der Waals surface area contributed by atoms with Gasteiger partial charge >= 0.3 is 0 Å². The van der Waals surface area contributed by atoms with Gasteiger partial charge in [0.05, 0.1) is 5.75 Å². The van der Waals surface area contributed by atoms with E-state index < -0.39 is 0 Å². The van der Waals surface area contributed by atoms with Crippen molar-refractivity contribution in [1.29, 1.82) is 0 Å². The monoisotopic (exact) mass is 204 g/mol. The molecule has 3 N–H and O–H groups in total. The first-order chi connectivity index (χ1) is 5.75. The second-order valence-electron chi connectivity index (χ2n) is 2.37. The molecule has 0 bridgehead atoms. The number of aromatic amines is 1. The minimum atomic E-state index is 0.474. The first-order valence-corrected chi connectivity index (χ1v) is 5.31. The molecule has 0 atom stereocenters. The average Bonchev–Trinajstić information content (AvgIpc) is 2.36. The van der Waals surface area contributed by atoms with E-state index in [4.69, 9.17) is 18.1 Å². The molecule has 0 unspecified atom stereocenters. The van der Waals surface area contributed by atoms with Crippen LogP contribution in [0.25, 0.3) is 0 Å². The molecule has 68 valence electrons. The average molecular weight is 204 g/mol. The molecule has 1 heterocycles. The van der Waals surface area contributed by atoms with Gasteiger partial charge in [0.2, 0.25) is 4.77 Å². The summed E-state index contributed by atoms with van der Waals surface area (Å²) in [5.41, 5.74) is 0. The minimum absolute atomic E-state index is 0.474. The first kappa shape index (κ1) is 9.60. The lowest BCUT2D eigenvalue weighted by Crippen LogP contribution is -2.12. The van der Waals surface area contributed by atoms with Crippen LogP contribution in [-0.4, -0.2) is 20.6 Å². The molecule has 12 heavy (non-hydrogen) atoms. The smallest absolute Gasteiger partial charge is 0.214 e. The highest BCUT2D eigenvalue weighted by Gasteiger charge is 2.01. The Morgan fingerprint density at radius 3 is 3.00 bits per heavy atom. The number of hydrogen-bond donors (Lipinski definition) is 2. The van der Waals surface area contributed by atoms with Crippen molar-refractivity contribution in [2.45, 2.75) is 19.1 Å². The largest absolute Gasteiger partial charge is 0.335 e. The summed E-state index contributed by atoms with van der Waals surface area (Å²) >= 11 is 6.67. The van der Waals surface area contributed by atoms with E-state index in [1.54, 1.807) is 11.8 Å². The summed E-state index contributed by atoms with van der Waals surface area (Å²) in [5.74, 6) is 8.34. The number of thioether (sulfide) groups is 1. The van der Waals surface area contributed by atoms with Crippen molar-refractivity contribution in [1.82, 2.24) is 14.9 Å². The standard InChI is InChI=1S/C6H12N4S2/c1-2-3-12-4-5-8-9-6(11)10(5)7/h2-4,7H2,1H3,(H,9,11). The van der Waals surface area contributed by atoms with Crippen molar-refractivity contribution in [3.8, 4) is 0 Å². The van der Waals surface area contributed by atoms with Gasteiger partial charge in [0.25, 0.3) is 0 Å². The summed E-state index contributed by atoms with van der Waals surface area (Å²) in [5, 5.41) is 6.63. The molecule has 0 fully saturated rings. The number of rotatable bonds is 4. The Kier molecular flexibility index (Phi) is 3.61. The maximum Gasteiger partial charge on any atom is 0.214 e. The van der Waals surface area contributed by atoms with Gasteiger partial charge in [0, 0.05) is 0 Å². The van der Waals surface area contributed by atoms with Gasteiger partial charge in [-0.05, 0) is 24.4 Å². The van der Waals surface area contributed by atoms with Crippen LogP contribution in [-0.2, 0) is 5.75 Å². The van der Waals surface area contributed by atoms with Crippen LogP contribution >= 0.6 is 24.0 Å². The third-order valence-corrected chi connectivity index (χ3v) is 2.80.